The molecule has 0 bridgehead atoms. The number of hydrogen-bond donors (Lipinski definition) is 2. The van der Waals surface area contributed by atoms with Crippen molar-refractivity contribution < 1.29 is 9.53 Å². The Balaban J connectivity index is 2.71. The number of hydrogen-bond acceptors (Lipinski definition) is 3. The zero-order valence-electron chi connectivity index (χ0n) is 12.1. The molecular formula is C15H24N2O2. The maximum atomic E-state index is 12.1. The highest BCUT2D eigenvalue weighted by Gasteiger charge is 2.15. The molecule has 3 N–H and O–H groups in total. The average molecular weight is 264 g/mol. The molecule has 0 aliphatic rings. The van der Waals surface area contributed by atoms with Crippen molar-refractivity contribution >= 4 is 5.91 Å². The van der Waals surface area contributed by atoms with E-state index in [1.807, 2.05) is 39.8 Å². The van der Waals surface area contributed by atoms with E-state index in [2.05, 4.69) is 5.32 Å². The van der Waals surface area contributed by atoms with Gasteiger partial charge in [0.15, 0.2) is 0 Å². The Hall–Kier alpha value is -1.55. The van der Waals surface area contributed by atoms with Gasteiger partial charge in [-0.15, -0.1) is 0 Å². The molecule has 0 heterocycles. The Morgan fingerprint density at radius 1 is 1.32 bits per heavy atom. The predicted molar refractivity (Wildman–Crippen MR) is 77.4 cm³/mol. The summed E-state index contributed by atoms with van der Waals surface area (Å²) in [4.78, 5) is 12.1. The number of rotatable bonds is 6. The maximum Gasteiger partial charge on any atom is 0.251 e. The molecule has 0 aliphatic carbocycles. The van der Waals surface area contributed by atoms with Gasteiger partial charge in [-0.2, -0.15) is 0 Å². The molecule has 2 unspecified atom stereocenters. The van der Waals surface area contributed by atoms with Gasteiger partial charge >= 0.3 is 0 Å². The molecule has 1 aromatic rings. The van der Waals surface area contributed by atoms with Crippen molar-refractivity contribution in [3.63, 3.8) is 0 Å². The molecule has 0 spiro atoms. The van der Waals surface area contributed by atoms with E-state index in [0.717, 1.165) is 0 Å². The Morgan fingerprint density at radius 3 is 2.58 bits per heavy atom. The van der Waals surface area contributed by atoms with Crippen molar-refractivity contribution in [3.05, 3.63) is 29.8 Å². The zero-order chi connectivity index (χ0) is 14.4. The lowest BCUT2D eigenvalue weighted by Gasteiger charge is -2.20. The molecule has 4 nitrogen and oxygen atoms in total. The molecule has 1 rings (SSSR count). The minimum atomic E-state index is -0.0954. The summed E-state index contributed by atoms with van der Waals surface area (Å²) in [6.07, 6.45) is 0.0921. The molecule has 1 amide bonds. The molecule has 0 fully saturated rings. The summed E-state index contributed by atoms with van der Waals surface area (Å²) in [5.41, 5.74) is 6.20. The van der Waals surface area contributed by atoms with Gasteiger partial charge in [0.25, 0.3) is 5.91 Å². The standard InChI is InChI=1S/C15H24N2O2/c1-10(2)19-14-7-5-6-13(8-14)15(18)17-12(4)11(3)9-16/h5-8,10-12H,9,16H2,1-4H3,(H,17,18). The second-order valence-electron chi connectivity index (χ2n) is 5.17. The Morgan fingerprint density at radius 2 is 2.00 bits per heavy atom. The monoisotopic (exact) mass is 264 g/mol. The third-order valence-corrected chi connectivity index (χ3v) is 3.05. The number of carbonyl (C=O) groups is 1. The van der Waals surface area contributed by atoms with Crippen molar-refractivity contribution in [2.75, 3.05) is 6.54 Å². The second kappa shape index (κ2) is 7.14. The van der Waals surface area contributed by atoms with E-state index in [1.165, 1.54) is 0 Å². The lowest BCUT2D eigenvalue weighted by Crippen LogP contribution is -2.39. The normalized spacial score (nSPS) is 14.0. The SMILES string of the molecule is CC(C)Oc1cccc(C(=O)NC(C)C(C)CN)c1. The summed E-state index contributed by atoms with van der Waals surface area (Å²) in [7, 11) is 0. The molecule has 0 saturated heterocycles. The summed E-state index contributed by atoms with van der Waals surface area (Å²) in [6.45, 7) is 8.45. The minimum Gasteiger partial charge on any atom is -0.491 e. The average Bonchev–Trinajstić information content (AvgIpc) is 2.37. The lowest BCUT2D eigenvalue weighted by atomic mass is 10.0. The maximum absolute atomic E-state index is 12.1. The Kier molecular flexibility index (Phi) is 5.83. The fraction of sp³-hybridized carbons (Fsp3) is 0.533. The lowest BCUT2D eigenvalue weighted by molar-refractivity contribution is 0.0929. The van der Waals surface area contributed by atoms with Crippen LogP contribution in [0.25, 0.3) is 0 Å². The van der Waals surface area contributed by atoms with Crippen molar-refractivity contribution in [2.24, 2.45) is 11.7 Å². The largest absolute Gasteiger partial charge is 0.491 e. The van der Waals surface area contributed by atoms with E-state index in [1.54, 1.807) is 12.1 Å². The first-order valence-electron chi connectivity index (χ1n) is 6.71. The third kappa shape index (κ3) is 4.91. The van der Waals surface area contributed by atoms with Crippen LogP contribution in [0.1, 0.15) is 38.1 Å². The van der Waals surface area contributed by atoms with Gasteiger partial charge in [-0.3, -0.25) is 4.79 Å². The van der Waals surface area contributed by atoms with Gasteiger partial charge in [-0.1, -0.05) is 13.0 Å². The van der Waals surface area contributed by atoms with E-state index in [0.29, 0.717) is 17.9 Å². The summed E-state index contributed by atoms with van der Waals surface area (Å²) in [6, 6.07) is 7.26. The summed E-state index contributed by atoms with van der Waals surface area (Å²) < 4.78 is 5.58. The number of amides is 1. The van der Waals surface area contributed by atoms with Gasteiger partial charge in [0.05, 0.1) is 6.10 Å². The fourth-order valence-corrected chi connectivity index (χ4v) is 1.62. The van der Waals surface area contributed by atoms with Crippen LogP contribution in [-0.4, -0.2) is 24.6 Å². The Labute approximate surface area is 115 Å². The van der Waals surface area contributed by atoms with E-state index in [9.17, 15) is 4.79 Å². The molecular weight excluding hydrogens is 240 g/mol. The van der Waals surface area contributed by atoms with Crippen LogP contribution in [-0.2, 0) is 0 Å². The molecule has 2 atom stereocenters. The molecule has 0 aromatic heterocycles. The van der Waals surface area contributed by atoms with Gasteiger partial charge < -0.3 is 15.8 Å². The molecule has 106 valence electrons. The zero-order valence-corrected chi connectivity index (χ0v) is 12.1. The molecule has 4 heteroatoms. The van der Waals surface area contributed by atoms with Crippen LogP contribution in [0.2, 0.25) is 0 Å². The smallest absolute Gasteiger partial charge is 0.251 e. The minimum absolute atomic E-state index is 0.0483. The van der Waals surface area contributed by atoms with E-state index >= 15 is 0 Å². The Bertz CT molecular complexity index is 418. The fourth-order valence-electron chi connectivity index (χ4n) is 1.62. The summed E-state index contributed by atoms with van der Waals surface area (Å²) in [5, 5.41) is 2.95. The van der Waals surface area contributed by atoms with Gasteiger partial charge in [0.2, 0.25) is 0 Å². The van der Waals surface area contributed by atoms with E-state index in [4.69, 9.17) is 10.5 Å². The number of nitrogens with two attached hydrogens (primary N) is 1. The van der Waals surface area contributed by atoms with Crippen LogP contribution in [0.3, 0.4) is 0 Å². The molecule has 0 aliphatic heterocycles. The van der Waals surface area contributed by atoms with Gasteiger partial charge in [0.1, 0.15) is 5.75 Å². The predicted octanol–water partition coefficient (Wildman–Crippen LogP) is 2.19. The first-order valence-corrected chi connectivity index (χ1v) is 6.71. The van der Waals surface area contributed by atoms with Gasteiger partial charge in [-0.25, -0.2) is 0 Å². The van der Waals surface area contributed by atoms with Crippen LogP contribution in [0.4, 0.5) is 0 Å². The highest BCUT2D eigenvalue weighted by atomic mass is 16.5. The van der Waals surface area contributed by atoms with Crippen LogP contribution < -0.4 is 15.8 Å². The van der Waals surface area contributed by atoms with Gasteiger partial charge in [-0.05, 0) is 51.4 Å². The van der Waals surface area contributed by atoms with Crippen molar-refractivity contribution in [2.45, 2.75) is 39.8 Å². The second-order valence-corrected chi connectivity index (χ2v) is 5.17. The van der Waals surface area contributed by atoms with Crippen LogP contribution in [0.5, 0.6) is 5.75 Å². The third-order valence-electron chi connectivity index (χ3n) is 3.05. The summed E-state index contributed by atoms with van der Waals surface area (Å²) >= 11 is 0. The van der Waals surface area contributed by atoms with Crippen LogP contribution in [0, 0.1) is 5.92 Å². The highest BCUT2D eigenvalue weighted by Crippen LogP contribution is 2.15. The quantitative estimate of drug-likeness (QED) is 0.827. The number of carbonyl (C=O) groups excluding carboxylic acids is 1. The number of nitrogens with one attached hydrogen (secondary N) is 1. The van der Waals surface area contributed by atoms with E-state index < -0.39 is 0 Å². The number of benzene rings is 1. The van der Waals surface area contributed by atoms with Crippen molar-refractivity contribution in [1.29, 1.82) is 0 Å². The first-order chi connectivity index (χ1) is 8.93. The molecule has 0 radical (unpaired) electrons. The van der Waals surface area contributed by atoms with Gasteiger partial charge in [0, 0.05) is 11.6 Å². The molecule has 0 saturated carbocycles. The highest BCUT2D eigenvalue weighted by molar-refractivity contribution is 5.94. The molecule has 1 aromatic carbocycles. The van der Waals surface area contributed by atoms with Crippen LogP contribution >= 0.6 is 0 Å². The molecule has 19 heavy (non-hydrogen) atoms. The van der Waals surface area contributed by atoms with E-state index in [-0.39, 0.29) is 24.0 Å². The summed E-state index contributed by atoms with van der Waals surface area (Å²) in [5.74, 6) is 0.864. The van der Waals surface area contributed by atoms with Crippen molar-refractivity contribution in [1.82, 2.24) is 5.32 Å². The topological polar surface area (TPSA) is 64.3 Å². The number of ether oxygens (including phenoxy) is 1. The van der Waals surface area contributed by atoms with Crippen LogP contribution in [0.15, 0.2) is 24.3 Å². The first kappa shape index (κ1) is 15.5. The van der Waals surface area contributed by atoms with Crippen molar-refractivity contribution in [3.8, 4) is 5.75 Å².